The number of rotatable bonds is 5. The Balaban J connectivity index is 2.23. The maximum atomic E-state index is 13.8. The molecular weight excluding hydrogens is 371 g/mol. The van der Waals surface area contributed by atoms with E-state index in [2.05, 4.69) is 30.8 Å². The molecule has 2 rings (SSSR count). The van der Waals surface area contributed by atoms with E-state index in [4.69, 9.17) is 0 Å². The van der Waals surface area contributed by atoms with Crippen LogP contribution in [0.25, 0.3) is 0 Å². The molecule has 1 N–H and O–H groups in total. The summed E-state index contributed by atoms with van der Waals surface area (Å²) in [5.41, 5.74) is 0.805. The number of halogens is 3. The van der Waals surface area contributed by atoms with Crippen molar-refractivity contribution < 1.29 is 27.5 Å². The molecule has 1 amide bonds. The summed E-state index contributed by atoms with van der Waals surface area (Å²) in [6.07, 6.45) is 0.0628. The largest absolute Gasteiger partial charge is 0.467 e. The Bertz CT molecular complexity index is 850. The molecule has 4 nitrogen and oxygen atoms in total. The minimum absolute atomic E-state index is 0.0495. The highest BCUT2D eigenvalue weighted by atomic mass is 19.1. The van der Waals surface area contributed by atoms with Gasteiger partial charge in [-0.05, 0) is 16.5 Å². The van der Waals surface area contributed by atoms with E-state index in [9.17, 15) is 22.8 Å². The molecule has 0 saturated carbocycles. The van der Waals surface area contributed by atoms with Gasteiger partial charge in [-0.15, -0.1) is 0 Å². The average molecular weight is 393 g/mol. The highest BCUT2D eigenvalue weighted by Gasteiger charge is 2.26. The maximum Gasteiger partial charge on any atom is 0.328 e. The van der Waals surface area contributed by atoms with Crippen LogP contribution in [0.3, 0.4) is 0 Å². The van der Waals surface area contributed by atoms with Crippen LogP contribution in [0.15, 0.2) is 36.4 Å². The van der Waals surface area contributed by atoms with Crippen molar-refractivity contribution in [2.45, 2.75) is 38.6 Å². The lowest BCUT2D eigenvalue weighted by Crippen LogP contribution is -2.43. The highest BCUT2D eigenvalue weighted by Crippen LogP contribution is 2.22. The van der Waals surface area contributed by atoms with Crippen molar-refractivity contribution in [1.82, 2.24) is 5.32 Å². The van der Waals surface area contributed by atoms with E-state index in [-0.39, 0.29) is 11.8 Å². The normalized spacial score (nSPS) is 12.4. The van der Waals surface area contributed by atoms with Gasteiger partial charge < -0.3 is 10.1 Å². The molecule has 0 unspecified atom stereocenters. The molecule has 1 atom stereocenters. The summed E-state index contributed by atoms with van der Waals surface area (Å²) < 4.78 is 45.4. The third kappa shape index (κ3) is 5.12. The average Bonchev–Trinajstić information content (AvgIpc) is 2.59. The molecule has 2 aromatic carbocycles. The van der Waals surface area contributed by atoms with E-state index >= 15 is 0 Å². The van der Waals surface area contributed by atoms with Gasteiger partial charge in [0.15, 0.2) is 0 Å². The van der Waals surface area contributed by atoms with E-state index in [1.165, 1.54) is 0 Å². The highest BCUT2D eigenvalue weighted by molar-refractivity contribution is 5.97. The number of hydrogen-bond acceptors (Lipinski definition) is 3. The van der Waals surface area contributed by atoms with Gasteiger partial charge in [-0.2, -0.15) is 0 Å². The molecular formula is C21H22F3NO3. The standard InChI is InChI=1S/C21H22F3NO3/c1-21(2,3)13-7-5-12(6-8-13)9-17(20(27)28-4)25-19(26)18-15(23)10-14(22)11-16(18)24/h5-8,10-11,17H,9H2,1-4H3,(H,25,26)/t17-/m0/s1. The van der Waals surface area contributed by atoms with Crippen LogP contribution in [0.1, 0.15) is 42.3 Å². The van der Waals surface area contributed by atoms with Crippen molar-refractivity contribution in [3.05, 3.63) is 70.5 Å². The first kappa shape index (κ1) is 21.5. The molecule has 28 heavy (non-hydrogen) atoms. The molecule has 0 aliphatic carbocycles. The summed E-state index contributed by atoms with van der Waals surface area (Å²) in [5.74, 6) is -5.79. The third-order valence-electron chi connectivity index (χ3n) is 4.28. The number of carbonyl (C=O) groups is 2. The Morgan fingerprint density at radius 3 is 2.04 bits per heavy atom. The summed E-state index contributed by atoms with van der Waals surface area (Å²) in [6, 6.07) is 7.06. The predicted molar refractivity (Wildman–Crippen MR) is 98.4 cm³/mol. The van der Waals surface area contributed by atoms with Gasteiger partial charge in [-0.1, -0.05) is 45.0 Å². The number of ether oxygens (including phenoxy) is 1. The van der Waals surface area contributed by atoms with Gasteiger partial charge in [0, 0.05) is 18.6 Å². The van der Waals surface area contributed by atoms with Gasteiger partial charge in [0.2, 0.25) is 0 Å². The minimum Gasteiger partial charge on any atom is -0.467 e. The predicted octanol–water partition coefficient (Wildman–Crippen LogP) is 3.92. The van der Waals surface area contributed by atoms with Crippen molar-refractivity contribution in [2.75, 3.05) is 7.11 Å². The van der Waals surface area contributed by atoms with Crippen LogP contribution >= 0.6 is 0 Å². The van der Waals surface area contributed by atoms with Crippen LogP contribution < -0.4 is 5.32 Å². The van der Waals surface area contributed by atoms with Crippen molar-refractivity contribution in [1.29, 1.82) is 0 Å². The SMILES string of the molecule is COC(=O)[C@H](Cc1ccc(C(C)(C)C)cc1)NC(=O)c1c(F)cc(F)cc1F. The van der Waals surface area contributed by atoms with Crippen LogP contribution in [-0.2, 0) is 21.4 Å². The number of benzene rings is 2. The molecule has 0 aliphatic rings. The summed E-state index contributed by atoms with van der Waals surface area (Å²) in [4.78, 5) is 24.3. The Kier molecular flexibility index (Phi) is 6.48. The third-order valence-corrected chi connectivity index (χ3v) is 4.28. The second-order valence-corrected chi connectivity index (χ2v) is 7.44. The fourth-order valence-corrected chi connectivity index (χ4v) is 2.70. The molecule has 2 aromatic rings. The molecule has 0 aliphatic heterocycles. The lowest BCUT2D eigenvalue weighted by atomic mass is 9.86. The zero-order valence-electron chi connectivity index (χ0n) is 16.1. The number of carbonyl (C=O) groups excluding carboxylic acids is 2. The van der Waals surface area contributed by atoms with Gasteiger partial charge in [0.05, 0.1) is 7.11 Å². The van der Waals surface area contributed by atoms with Crippen molar-refractivity contribution in [2.24, 2.45) is 0 Å². The molecule has 0 heterocycles. The van der Waals surface area contributed by atoms with E-state index in [0.29, 0.717) is 12.1 Å². The minimum atomic E-state index is -1.35. The number of esters is 1. The summed E-state index contributed by atoms with van der Waals surface area (Å²) in [5, 5.41) is 2.26. The number of methoxy groups -OCH3 is 1. The van der Waals surface area contributed by atoms with Crippen LogP contribution in [0.2, 0.25) is 0 Å². The first-order chi connectivity index (χ1) is 13.0. The van der Waals surface area contributed by atoms with E-state index in [1.807, 2.05) is 24.3 Å². The van der Waals surface area contributed by atoms with E-state index in [0.717, 1.165) is 18.2 Å². The number of hydrogen-bond donors (Lipinski definition) is 1. The summed E-state index contributed by atoms with van der Waals surface area (Å²) in [7, 11) is 1.14. The quantitative estimate of drug-likeness (QED) is 0.784. The summed E-state index contributed by atoms with van der Waals surface area (Å²) in [6.45, 7) is 6.18. The van der Waals surface area contributed by atoms with Crippen molar-refractivity contribution in [3.63, 3.8) is 0 Å². The smallest absolute Gasteiger partial charge is 0.328 e. The fraction of sp³-hybridized carbons (Fsp3) is 0.333. The molecule has 0 spiro atoms. The Labute approximate surface area is 161 Å². The molecule has 7 heteroatoms. The zero-order chi connectivity index (χ0) is 21.1. The van der Waals surface area contributed by atoms with Crippen LogP contribution in [-0.4, -0.2) is 25.0 Å². The van der Waals surface area contributed by atoms with Gasteiger partial charge in [0.1, 0.15) is 29.1 Å². The maximum absolute atomic E-state index is 13.8. The molecule has 0 fully saturated rings. The van der Waals surface area contributed by atoms with Crippen molar-refractivity contribution in [3.8, 4) is 0 Å². The molecule has 0 saturated heterocycles. The molecule has 150 valence electrons. The lowest BCUT2D eigenvalue weighted by molar-refractivity contribution is -0.142. The second kappa shape index (κ2) is 8.46. The molecule has 0 radical (unpaired) electrons. The van der Waals surface area contributed by atoms with Crippen LogP contribution in [0.4, 0.5) is 13.2 Å². The monoisotopic (exact) mass is 393 g/mol. The molecule has 0 bridgehead atoms. The van der Waals surface area contributed by atoms with Crippen LogP contribution in [0, 0.1) is 17.5 Å². The number of amides is 1. The topological polar surface area (TPSA) is 55.4 Å². The van der Waals surface area contributed by atoms with Crippen molar-refractivity contribution >= 4 is 11.9 Å². The summed E-state index contributed by atoms with van der Waals surface area (Å²) >= 11 is 0. The Morgan fingerprint density at radius 1 is 1.04 bits per heavy atom. The van der Waals surface area contributed by atoms with Gasteiger partial charge in [-0.25, -0.2) is 18.0 Å². The first-order valence-corrected chi connectivity index (χ1v) is 8.65. The fourth-order valence-electron chi connectivity index (χ4n) is 2.70. The van der Waals surface area contributed by atoms with Crippen LogP contribution in [0.5, 0.6) is 0 Å². The zero-order valence-corrected chi connectivity index (χ0v) is 16.1. The van der Waals surface area contributed by atoms with Gasteiger partial charge >= 0.3 is 5.97 Å². The Hall–Kier alpha value is -2.83. The van der Waals surface area contributed by atoms with Gasteiger partial charge in [-0.3, -0.25) is 4.79 Å². The first-order valence-electron chi connectivity index (χ1n) is 8.65. The second-order valence-electron chi connectivity index (χ2n) is 7.44. The molecule has 0 aromatic heterocycles. The van der Waals surface area contributed by atoms with E-state index < -0.39 is 40.9 Å². The van der Waals surface area contributed by atoms with E-state index in [1.54, 1.807) is 0 Å². The van der Waals surface area contributed by atoms with Gasteiger partial charge in [0.25, 0.3) is 5.91 Å². The number of nitrogens with one attached hydrogen (secondary N) is 1. The lowest BCUT2D eigenvalue weighted by Gasteiger charge is -2.20. The Morgan fingerprint density at radius 2 is 1.57 bits per heavy atom.